The zero-order chi connectivity index (χ0) is 21.4. The largest absolute Gasteiger partial charge is 0.442 e. The molecular weight excluding hydrogens is 394 g/mol. The van der Waals surface area contributed by atoms with Gasteiger partial charge in [-0.15, -0.1) is 0 Å². The number of carbonyl (C=O) groups excluding carboxylic acids is 2. The van der Waals surface area contributed by atoms with Crippen LogP contribution >= 0.6 is 0 Å². The molecule has 8 heteroatoms. The maximum atomic E-state index is 12.4. The van der Waals surface area contributed by atoms with Gasteiger partial charge in [0, 0.05) is 41.8 Å². The number of ether oxygens (including phenoxy) is 1. The first kappa shape index (κ1) is 19.3. The lowest BCUT2D eigenvalue weighted by Crippen LogP contribution is -2.33. The standard InChI is InChI=1S/C23H23N5O3/c1-14(29)25-12-18-13-28(23(30)31-18)17-7-8-19-15(10-17)4-2-6-20-21(19)22(27-26-20)16-5-3-9-24-11-16/h3,5,7-11,18H,2,4,6,12-13H2,1H3,(H,25,29)(H,26,27)/t18-/m0/s1. The highest BCUT2D eigenvalue weighted by Crippen LogP contribution is 2.40. The Balaban J connectivity index is 1.47. The summed E-state index contributed by atoms with van der Waals surface area (Å²) in [5.41, 5.74) is 7.23. The molecule has 0 bridgehead atoms. The average molecular weight is 417 g/mol. The number of aromatic nitrogens is 3. The van der Waals surface area contributed by atoms with Gasteiger partial charge in [0.25, 0.3) is 0 Å². The lowest BCUT2D eigenvalue weighted by Gasteiger charge is -2.16. The van der Waals surface area contributed by atoms with E-state index in [0.29, 0.717) is 13.1 Å². The van der Waals surface area contributed by atoms with Gasteiger partial charge < -0.3 is 10.1 Å². The smallest absolute Gasteiger partial charge is 0.414 e. The molecule has 0 unspecified atom stereocenters. The Morgan fingerprint density at radius 1 is 1.32 bits per heavy atom. The van der Waals surface area contributed by atoms with E-state index in [1.807, 2.05) is 24.4 Å². The van der Waals surface area contributed by atoms with Crippen LogP contribution in [0.1, 0.15) is 24.6 Å². The maximum absolute atomic E-state index is 12.4. The third kappa shape index (κ3) is 3.65. The van der Waals surface area contributed by atoms with Crippen LogP contribution in [-0.4, -0.2) is 46.4 Å². The van der Waals surface area contributed by atoms with Gasteiger partial charge in [0.1, 0.15) is 11.8 Å². The Morgan fingerprint density at radius 3 is 3.03 bits per heavy atom. The van der Waals surface area contributed by atoms with E-state index in [1.165, 1.54) is 12.5 Å². The molecule has 31 heavy (non-hydrogen) atoms. The number of hydrogen-bond acceptors (Lipinski definition) is 5. The molecule has 5 rings (SSSR count). The van der Waals surface area contributed by atoms with Crippen molar-refractivity contribution in [1.29, 1.82) is 0 Å². The number of aryl methyl sites for hydroxylation is 2. The number of pyridine rings is 1. The van der Waals surface area contributed by atoms with E-state index in [0.717, 1.165) is 53.0 Å². The number of carbonyl (C=O) groups is 2. The molecule has 158 valence electrons. The van der Waals surface area contributed by atoms with Crippen molar-refractivity contribution in [2.24, 2.45) is 0 Å². The number of anilines is 1. The van der Waals surface area contributed by atoms with Gasteiger partial charge in [-0.1, -0.05) is 6.07 Å². The normalized spacial score (nSPS) is 17.5. The van der Waals surface area contributed by atoms with Crippen molar-refractivity contribution in [3.05, 3.63) is 54.0 Å². The molecule has 1 atom stereocenters. The molecule has 1 aliphatic carbocycles. The predicted molar refractivity (Wildman–Crippen MR) is 116 cm³/mol. The fourth-order valence-electron chi connectivity index (χ4n) is 4.31. The minimum Gasteiger partial charge on any atom is -0.442 e. The van der Waals surface area contributed by atoms with Gasteiger partial charge in [-0.25, -0.2) is 4.79 Å². The summed E-state index contributed by atoms with van der Waals surface area (Å²) in [4.78, 5) is 29.5. The molecule has 1 fully saturated rings. The van der Waals surface area contributed by atoms with Crippen LogP contribution in [0.5, 0.6) is 0 Å². The molecule has 3 aromatic rings. The lowest BCUT2D eigenvalue weighted by atomic mass is 9.95. The van der Waals surface area contributed by atoms with Gasteiger partial charge in [-0.3, -0.25) is 19.8 Å². The van der Waals surface area contributed by atoms with Crippen LogP contribution < -0.4 is 10.2 Å². The summed E-state index contributed by atoms with van der Waals surface area (Å²) in [5, 5.41) is 10.5. The van der Waals surface area contributed by atoms with E-state index in [2.05, 4.69) is 32.6 Å². The number of nitrogens with one attached hydrogen (secondary N) is 2. The molecule has 2 aromatic heterocycles. The monoisotopic (exact) mass is 417 g/mol. The number of hydrogen-bond donors (Lipinski definition) is 2. The number of fused-ring (bicyclic) bond motifs is 3. The minimum atomic E-state index is -0.385. The van der Waals surface area contributed by atoms with Gasteiger partial charge in [0.2, 0.25) is 5.91 Å². The third-order valence-corrected chi connectivity index (χ3v) is 5.77. The number of aromatic amines is 1. The van der Waals surface area contributed by atoms with Crippen molar-refractivity contribution in [2.75, 3.05) is 18.0 Å². The first-order valence-electron chi connectivity index (χ1n) is 10.4. The molecule has 1 saturated heterocycles. The lowest BCUT2D eigenvalue weighted by molar-refractivity contribution is -0.119. The van der Waals surface area contributed by atoms with E-state index in [-0.39, 0.29) is 18.1 Å². The quantitative estimate of drug-likeness (QED) is 0.680. The average Bonchev–Trinajstić information content (AvgIpc) is 3.31. The fraction of sp³-hybridized carbons (Fsp3) is 0.304. The maximum Gasteiger partial charge on any atom is 0.414 e. The summed E-state index contributed by atoms with van der Waals surface area (Å²) in [7, 11) is 0. The molecule has 0 spiro atoms. The molecule has 1 aromatic carbocycles. The summed E-state index contributed by atoms with van der Waals surface area (Å²) in [6, 6.07) is 10.0. The molecule has 0 radical (unpaired) electrons. The highest BCUT2D eigenvalue weighted by Gasteiger charge is 2.33. The van der Waals surface area contributed by atoms with Crippen LogP contribution in [-0.2, 0) is 22.4 Å². The highest BCUT2D eigenvalue weighted by molar-refractivity contribution is 5.92. The number of rotatable bonds is 4. The Labute approximate surface area is 179 Å². The van der Waals surface area contributed by atoms with Crippen molar-refractivity contribution < 1.29 is 14.3 Å². The van der Waals surface area contributed by atoms with Gasteiger partial charge in [-0.05, 0) is 54.7 Å². The first-order chi connectivity index (χ1) is 15.1. The molecule has 2 amide bonds. The van der Waals surface area contributed by atoms with Crippen molar-refractivity contribution in [3.63, 3.8) is 0 Å². The molecule has 2 N–H and O–H groups in total. The Hall–Kier alpha value is -3.68. The number of cyclic esters (lactones) is 1. The van der Waals surface area contributed by atoms with E-state index in [4.69, 9.17) is 4.74 Å². The van der Waals surface area contributed by atoms with Crippen LogP contribution in [0.3, 0.4) is 0 Å². The van der Waals surface area contributed by atoms with Gasteiger partial charge in [0.05, 0.1) is 13.1 Å². The number of H-pyrrole nitrogens is 1. The van der Waals surface area contributed by atoms with Crippen molar-refractivity contribution in [1.82, 2.24) is 20.5 Å². The van der Waals surface area contributed by atoms with E-state index in [9.17, 15) is 9.59 Å². The van der Waals surface area contributed by atoms with Crippen LogP contribution in [0.25, 0.3) is 22.4 Å². The highest BCUT2D eigenvalue weighted by atomic mass is 16.6. The van der Waals surface area contributed by atoms with Gasteiger partial charge in [0.15, 0.2) is 0 Å². The second kappa shape index (κ2) is 7.86. The molecule has 8 nitrogen and oxygen atoms in total. The summed E-state index contributed by atoms with van der Waals surface area (Å²) in [6.07, 6.45) is 5.66. The molecular formula is C23H23N5O3. The Bertz CT molecular complexity index is 1140. The number of nitrogens with zero attached hydrogens (tertiary/aromatic N) is 3. The zero-order valence-corrected chi connectivity index (χ0v) is 17.2. The zero-order valence-electron chi connectivity index (χ0n) is 17.2. The van der Waals surface area contributed by atoms with Gasteiger partial charge >= 0.3 is 6.09 Å². The summed E-state index contributed by atoms with van der Waals surface area (Å²) in [5.74, 6) is -0.139. The van der Waals surface area contributed by atoms with Crippen molar-refractivity contribution in [3.8, 4) is 22.4 Å². The van der Waals surface area contributed by atoms with E-state index < -0.39 is 0 Å². The summed E-state index contributed by atoms with van der Waals surface area (Å²) in [6.45, 7) is 2.18. The van der Waals surface area contributed by atoms with Crippen molar-refractivity contribution >= 4 is 17.7 Å². The SMILES string of the molecule is CC(=O)NC[C@H]1CN(c2ccc3c(c2)CCCc2[nH]nc(-c4cccnc4)c2-3)C(=O)O1. The summed E-state index contributed by atoms with van der Waals surface area (Å²) >= 11 is 0. The second-order valence-corrected chi connectivity index (χ2v) is 7.92. The fourth-order valence-corrected chi connectivity index (χ4v) is 4.31. The van der Waals surface area contributed by atoms with Crippen LogP contribution in [0, 0.1) is 0 Å². The minimum absolute atomic E-state index is 0.139. The number of amides is 2. The Kier molecular flexibility index (Phi) is 4.89. The second-order valence-electron chi connectivity index (χ2n) is 7.92. The summed E-state index contributed by atoms with van der Waals surface area (Å²) < 4.78 is 5.42. The Morgan fingerprint density at radius 2 is 2.23 bits per heavy atom. The van der Waals surface area contributed by atoms with Crippen molar-refractivity contribution in [2.45, 2.75) is 32.3 Å². The van der Waals surface area contributed by atoms with Crippen LogP contribution in [0.2, 0.25) is 0 Å². The first-order valence-corrected chi connectivity index (χ1v) is 10.4. The van der Waals surface area contributed by atoms with E-state index in [1.54, 1.807) is 11.1 Å². The molecule has 0 saturated carbocycles. The molecule has 3 heterocycles. The third-order valence-electron chi connectivity index (χ3n) is 5.77. The van der Waals surface area contributed by atoms with Crippen LogP contribution in [0.15, 0.2) is 42.7 Å². The molecule has 1 aliphatic heterocycles. The van der Waals surface area contributed by atoms with E-state index >= 15 is 0 Å². The van der Waals surface area contributed by atoms with Gasteiger partial charge in [-0.2, -0.15) is 5.10 Å². The molecule has 2 aliphatic rings. The topological polar surface area (TPSA) is 100 Å². The van der Waals surface area contributed by atoms with Crippen LogP contribution in [0.4, 0.5) is 10.5 Å². The number of benzene rings is 1. The predicted octanol–water partition coefficient (Wildman–Crippen LogP) is 3.09.